The first-order chi connectivity index (χ1) is 32.9. The number of piperazine rings is 2. The van der Waals surface area contributed by atoms with Gasteiger partial charge in [0.05, 0.1) is 52.4 Å². The van der Waals surface area contributed by atoms with Crippen molar-refractivity contribution < 1.29 is 40.9 Å². The molecule has 2 aliphatic rings. The number of hydrogen-bond acceptors (Lipinski definition) is 17. The van der Waals surface area contributed by atoms with E-state index in [2.05, 4.69) is 48.1 Å². The van der Waals surface area contributed by atoms with Crippen LogP contribution in [0.15, 0.2) is 93.3 Å². The maximum atomic E-state index is 13.0. The molecule has 4 aromatic carbocycles. The quantitative estimate of drug-likeness (QED) is 0.0730. The lowest BCUT2D eigenvalue weighted by Gasteiger charge is -2.33. The van der Waals surface area contributed by atoms with Gasteiger partial charge in [-0.25, -0.2) is 26.8 Å². The van der Waals surface area contributed by atoms with E-state index < -0.39 is 29.9 Å². The number of anilines is 2. The van der Waals surface area contributed by atoms with Gasteiger partial charge in [-0.1, -0.05) is 17.7 Å². The van der Waals surface area contributed by atoms with Crippen LogP contribution in [0.5, 0.6) is 17.2 Å². The maximum absolute atomic E-state index is 13.0. The summed E-state index contributed by atoms with van der Waals surface area (Å²) in [6.45, 7) is 9.69. The highest BCUT2D eigenvalue weighted by atomic mass is 32.2. The molecule has 0 bridgehead atoms. The van der Waals surface area contributed by atoms with E-state index in [1.54, 1.807) is 32.7 Å². The molecule has 366 valence electrons. The number of hydrogen-bond donors (Lipinski definition) is 0. The van der Waals surface area contributed by atoms with Crippen LogP contribution in [0.25, 0.3) is 0 Å². The standard InChI is InChI=1S/C23H26N4O7S2.C23H26N4O4S2/c1-32-20-13-16(14-21(33-2)22(20)34-3)12-17-15-35-23(24-17)25-8-10-26(11-9-25)36(30,31)19-6-4-18(5-7-19)27(28)29;1-16-12-17(2)22(18(3)13-16)14-19-15-32-23(24-19)25-8-10-26(11-9-25)33(30,31)21-6-4-20(5-7-21)27(28)29/h4-7,13-15H,8-12H2,1-3H3;4-7,12-13,15H,8-11,14H2,1-3H3. The summed E-state index contributed by atoms with van der Waals surface area (Å²) in [6, 6.07) is 18.2. The second-order valence-electron chi connectivity index (χ2n) is 16.3. The first kappa shape index (κ1) is 50.6. The van der Waals surface area contributed by atoms with Crippen LogP contribution in [0.4, 0.5) is 21.6 Å². The SMILES string of the molecule is COc1cc(Cc2csc(N3CCN(S(=O)(=O)c4ccc([N+](=O)[O-])cc4)CC3)n2)cc(OC)c1OC.Cc1cc(C)c(Cc2csc(N3CCN(S(=O)(=O)c4ccc([N+](=O)[O-])cc4)CC3)n2)c(C)c1. The summed E-state index contributed by atoms with van der Waals surface area (Å²) in [4.78, 5) is 34.4. The largest absolute Gasteiger partial charge is 0.493 e. The van der Waals surface area contributed by atoms with Crippen molar-refractivity contribution in [2.45, 2.75) is 43.4 Å². The van der Waals surface area contributed by atoms with E-state index in [1.165, 1.54) is 90.7 Å². The highest BCUT2D eigenvalue weighted by Crippen LogP contribution is 2.39. The van der Waals surface area contributed by atoms with Crippen molar-refractivity contribution >= 4 is 64.4 Å². The molecule has 0 unspecified atom stereocenters. The summed E-state index contributed by atoms with van der Waals surface area (Å²) in [6.07, 6.45) is 1.35. The van der Waals surface area contributed by atoms with Crippen molar-refractivity contribution in [2.75, 3.05) is 83.5 Å². The third-order valence-corrected chi connectivity index (χ3v) is 17.5. The zero-order valence-electron chi connectivity index (χ0n) is 38.9. The molecule has 0 spiro atoms. The predicted octanol–water partition coefficient (Wildman–Crippen LogP) is 7.26. The van der Waals surface area contributed by atoms with Crippen LogP contribution in [-0.4, -0.2) is 119 Å². The second-order valence-corrected chi connectivity index (χ2v) is 21.8. The third-order valence-electron chi connectivity index (χ3n) is 11.8. The van der Waals surface area contributed by atoms with E-state index in [9.17, 15) is 37.1 Å². The molecule has 0 saturated carbocycles. The van der Waals surface area contributed by atoms with Crippen LogP contribution >= 0.6 is 22.7 Å². The van der Waals surface area contributed by atoms with Crippen molar-refractivity contribution in [3.8, 4) is 17.2 Å². The van der Waals surface area contributed by atoms with Gasteiger partial charge in [0.2, 0.25) is 25.8 Å². The Morgan fingerprint density at radius 3 is 1.33 bits per heavy atom. The number of non-ortho nitro benzene ring substituents is 2. The van der Waals surface area contributed by atoms with E-state index in [0.717, 1.165) is 33.6 Å². The second kappa shape index (κ2) is 21.6. The molecule has 4 heterocycles. The van der Waals surface area contributed by atoms with Crippen LogP contribution in [0.2, 0.25) is 0 Å². The molecule has 0 amide bonds. The maximum Gasteiger partial charge on any atom is 0.269 e. The van der Waals surface area contributed by atoms with E-state index in [0.29, 0.717) is 76.0 Å². The molecule has 19 nitrogen and oxygen atoms in total. The highest BCUT2D eigenvalue weighted by molar-refractivity contribution is 7.89. The Hall–Kier alpha value is -6.24. The number of aromatic nitrogens is 2. The summed E-state index contributed by atoms with van der Waals surface area (Å²) in [5, 5.41) is 27.5. The summed E-state index contributed by atoms with van der Waals surface area (Å²) < 4.78 is 70.9. The Bertz CT molecular complexity index is 2970. The van der Waals surface area contributed by atoms with Crippen molar-refractivity contribution in [1.82, 2.24) is 18.6 Å². The Kier molecular flexibility index (Phi) is 15.8. The van der Waals surface area contributed by atoms with Crippen LogP contribution in [-0.2, 0) is 32.9 Å². The molecule has 2 aliphatic heterocycles. The van der Waals surface area contributed by atoms with Crippen molar-refractivity contribution in [1.29, 1.82) is 0 Å². The zero-order chi connectivity index (χ0) is 49.6. The molecule has 23 heteroatoms. The lowest BCUT2D eigenvalue weighted by atomic mass is 9.96. The van der Waals surface area contributed by atoms with Gasteiger partial charge in [-0.15, -0.1) is 22.7 Å². The Morgan fingerprint density at radius 2 is 0.971 bits per heavy atom. The Labute approximate surface area is 408 Å². The smallest absolute Gasteiger partial charge is 0.269 e. The number of nitrogens with zero attached hydrogens (tertiary/aromatic N) is 8. The van der Waals surface area contributed by atoms with Crippen molar-refractivity contribution in [3.05, 3.63) is 143 Å². The average molecular weight is 1020 g/mol. The van der Waals surface area contributed by atoms with E-state index >= 15 is 0 Å². The van der Waals surface area contributed by atoms with Crippen molar-refractivity contribution in [3.63, 3.8) is 0 Å². The molecule has 0 radical (unpaired) electrons. The molecule has 2 saturated heterocycles. The minimum atomic E-state index is -3.73. The van der Waals surface area contributed by atoms with Crippen molar-refractivity contribution in [2.24, 2.45) is 0 Å². The molecule has 2 aromatic heterocycles. The number of aryl methyl sites for hydroxylation is 3. The van der Waals surface area contributed by atoms with Gasteiger partial charge >= 0.3 is 0 Å². The van der Waals surface area contributed by atoms with Crippen LogP contribution in [0.1, 0.15) is 39.2 Å². The minimum Gasteiger partial charge on any atom is -0.493 e. The number of nitro benzene ring substituents is 2. The summed E-state index contributed by atoms with van der Waals surface area (Å²) in [5.41, 5.74) is 7.68. The fourth-order valence-electron chi connectivity index (χ4n) is 8.18. The van der Waals surface area contributed by atoms with Crippen LogP contribution in [0.3, 0.4) is 0 Å². The van der Waals surface area contributed by atoms with Gasteiger partial charge < -0.3 is 24.0 Å². The fourth-order valence-corrected chi connectivity index (χ4v) is 12.8. The van der Waals surface area contributed by atoms with Gasteiger partial charge in [0.25, 0.3) is 11.4 Å². The molecular formula is C46H52N8O11S4. The first-order valence-electron chi connectivity index (χ1n) is 21.6. The summed E-state index contributed by atoms with van der Waals surface area (Å²) in [7, 11) is -2.72. The van der Waals surface area contributed by atoms with Gasteiger partial charge in [0, 0.05) is 100 Å². The van der Waals surface area contributed by atoms with Gasteiger partial charge in [-0.2, -0.15) is 8.61 Å². The monoisotopic (exact) mass is 1020 g/mol. The normalized spacial score (nSPS) is 14.8. The van der Waals surface area contributed by atoms with Gasteiger partial charge in [0.15, 0.2) is 21.8 Å². The average Bonchev–Trinajstić information content (AvgIpc) is 4.03. The van der Waals surface area contributed by atoms with Crippen LogP contribution < -0.4 is 24.0 Å². The zero-order valence-corrected chi connectivity index (χ0v) is 42.1. The lowest BCUT2D eigenvalue weighted by molar-refractivity contribution is -0.385. The molecule has 69 heavy (non-hydrogen) atoms. The topological polar surface area (TPSA) is 221 Å². The van der Waals surface area contributed by atoms with Gasteiger partial charge in [-0.3, -0.25) is 20.2 Å². The number of sulfonamides is 2. The predicted molar refractivity (Wildman–Crippen MR) is 265 cm³/mol. The number of methoxy groups -OCH3 is 3. The first-order valence-corrected chi connectivity index (χ1v) is 26.3. The molecule has 8 rings (SSSR count). The number of ether oxygens (including phenoxy) is 3. The molecule has 2 fully saturated rings. The van der Waals surface area contributed by atoms with E-state index in [4.69, 9.17) is 24.2 Å². The number of benzene rings is 4. The molecule has 0 aliphatic carbocycles. The molecular weight excluding hydrogens is 969 g/mol. The number of nitro groups is 2. The van der Waals surface area contributed by atoms with Crippen LogP contribution in [0, 0.1) is 41.0 Å². The number of rotatable bonds is 15. The van der Waals surface area contributed by atoms with Gasteiger partial charge in [0.1, 0.15) is 0 Å². The van der Waals surface area contributed by atoms with Gasteiger partial charge in [-0.05, 0) is 79.4 Å². The fraction of sp³-hybridized carbons (Fsp3) is 0.348. The minimum absolute atomic E-state index is 0.0448. The molecule has 6 aromatic rings. The third kappa shape index (κ3) is 11.6. The van der Waals surface area contributed by atoms with E-state index in [1.807, 2.05) is 17.5 Å². The summed E-state index contributed by atoms with van der Waals surface area (Å²) >= 11 is 3.09. The van der Waals surface area contributed by atoms with E-state index in [-0.39, 0.29) is 21.2 Å². The molecule has 0 atom stereocenters. The highest BCUT2D eigenvalue weighted by Gasteiger charge is 2.31. The Balaban J connectivity index is 0.000000205. The number of thiazole rings is 2. The molecule has 0 N–H and O–H groups in total. The Morgan fingerprint density at radius 1 is 0.580 bits per heavy atom. The lowest BCUT2D eigenvalue weighted by Crippen LogP contribution is -2.48. The summed E-state index contributed by atoms with van der Waals surface area (Å²) in [5.74, 6) is 1.68.